The molecule has 1 amide bonds. The minimum Gasteiger partial charge on any atom is -0.494 e. The van der Waals surface area contributed by atoms with Crippen LogP contribution in [0.5, 0.6) is 5.75 Å². The minimum atomic E-state index is -1.93. The number of aliphatic hydroxyl groups excluding tert-OH is 3. The highest BCUT2D eigenvalue weighted by molar-refractivity contribution is 6.06. The molecule has 4 N–H and O–H groups in total. The van der Waals surface area contributed by atoms with Crippen LogP contribution < -0.4 is 9.64 Å². The lowest BCUT2D eigenvalue weighted by atomic mass is 9.99. The van der Waals surface area contributed by atoms with Crippen molar-refractivity contribution >= 4 is 34.3 Å². The number of ether oxygens (including phenoxy) is 3. The predicted molar refractivity (Wildman–Crippen MR) is 197 cm³/mol. The second kappa shape index (κ2) is 15.3. The van der Waals surface area contributed by atoms with E-state index in [1.54, 1.807) is 29.3 Å². The van der Waals surface area contributed by atoms with Crippen molar-refractivity contribution < 1.29 is 49.0 Å². The first-order chi connectivity index (χ1) is 26.0. The molecule has 5 unspecified atom stereocenters. The Bertz CT molecular complexity index is 2180. The van der Waals surface area contributed by atoms with Crippen LogP contribution in [0.4, 0.5) is 5.69 Å². The van der Waals surface area contributed by atoms with Crippen LogP contribution in [0.2, 0.25) is 0 Å². The normalized spacial score (nSPS) is 21.5. The number of imidazole rings is 1. The van der Waals surface area contributed by atoms with Crippen molar-refractivity contribution in [3.63, 3.8) is 0 Å². The molecule has 0 spiro atoms. The van der Waals surface area contributed by atoms with Crippen LogP contribution in [0.15, 0.2) is 91.1 Å². The quantitative estimate of drug-likeness (QED) is 0.162. The summed E-state index contributed by atoms with van der Waals surface area (Å²) in [5.74, 6) is -1.41. The number of carbonyl (C=O) groups is 3. The third-order valence-electron chi connectivity index (χ3n) is 9.68. The molecule has 54 heavy (non-hydrogen) atoms. The molecule has 1 aromatic heterocycles. The van der Waals surface area contributed by atoms with Crippen LogP contribution in [0.1, 0.15) is 33.3 Å². The van der Waals surface area contributed by atoms with E-state index in [2.05, 4.69) is 0 Å². The summed E-state index contributed by atoms with van der Waals surface area (Å²) in [7, 11) is 0. The number of aryl methyl sites for hydroxylation is 1. The molecule has 280 valence electrons. The molecule has 5 aromatic rings. The van der Waals surface area contributed by atoms with Gasteiger partial charge in [0.25, 0.3) is 5.91 Å². The molecule has 7 rings (SSSR count). The third kappa shape index (κ3) is 7.24. The van der Waals surface area contributed by atoms with Gasteiger partial charge in [-0.25, -0.2) is 14.6 Å². The Morgan fingerprint density at radius 3 is 2.31 bits per heavy atom. The van der Waals surface area contributed by atoms with Gasteiger partial charge < -0.3 is 44.4 Å². The molecule has 2 aliphatic rings. The number of amides is 1. The molecule has 2 aliphatic heterocycles. The summed E-state index contributed by atoms with van der Waals surface area (Å²) in [6.07, 6.45) is -7.75. The average molecular weight is 737 g/mol. The van der Waals surface area contributed by atoms with Gasteiger partial charge in [0.15, 0.2) is 6.10 Å². The van der Waals surface area contributed by atoms with Gasteiger partial charge in [0, 0.05) is 49.7 Å². The number of hydrogen-bond donors (Lipinski definition) is 4. The highest BCUT2D eigenvalue weighted by atomic mass is 16.7. The molecule has 2 saturated heterocycles. The number of aliphatic hydroxyl groups is 3. The number of fused-ring (bicyclic) bond motifs is 1. The van der Waals surface area contributed by atoms with Crippen LogP contribution >= 0.6 is 0 Å². The molecule has 3 heterocycles. The number of nitrogens with zero attached hydrogens (tertiary/aromatic N) is 4. The maximum atomic E-state index is 14.0. The number of rotatable bonds is 9. The van der Waals surface area contributed by atoms with Gasteiger partial charge in [0.2, 0.25) is 6.29 Å². The number of anilines is 1. The van der Waals surface area contributed by atoms with E-state index in [1.807, 2.05) is 90.0 Å². The Hall–Kier alpha value is -5.80. The van der Waals surface area contributed by atoms with Gasteiger partial charge in [-0.05, 0) is 48.9 Å². The number of hydrogen-bond acceptors (Lipinski definition) is 11. The van der Waals surface area contributed by atoms with Crippen molar-refractivity contribution in [1.29, 1.82) is 0 Å². The van der Waals surface area contributed by atoms with E-state index in [4.69, 9.17) is 19.2 Å². The standard InChI is InChI=1S/C40H40N4O10/c1-3-52-28-9-6-8-26(20-28)44-22-31(41-36(44)24-13-11-23(2)12-14-24)37(48)43-17-15-42(16-18-43)27-19-25-7-4-5-10-29(25)30(21-27)39(51)54-40-34(47)32(45)33(46)35(53-40)38(49)50/h4-14,19-22,32-35,40,45-47H,3,15-18H2,1-2H3,(H,49,50). The lowest BCUT2D eigenvalue weighted by molar-refractivity contribution is -0.278. The van der Waals surface area contributed by atoms with E-state index < -0.39 is 42.6 Å². The molecule has 2 fully saturated rings. The van der Waals surface area contributed by atoms with E-state index in [1.165, 1.54) is 0 Å². The van der Waals surface area contributed by atoms with Gasteiger partial charge in [0.1, 0.15) is 35.6 Å². The van der Waals surface area contributed by atoms with Crippen LogP contribution in [0.25, 0.3) is 27.8 Å². The number of esters is 1. The average Bonchev–Trinajstić information content (AvgIpc) is 3.63. The van der Waals surface area contributed by atoms with E-state index >= 15 is 0 Å². The van der Waals surface area contributed by atoms with Crippen molar-refractivity contribution in [3.05, 3.63) is 108 Å². The van der Waals surface area contributed by atoms with Crippen molar-refractivity contribution in [2.45, 2.75) is 44.6 Å². The van der Waals surface area contributed by atoms with Crippen LogP contribution in [0.3, 0.4) is 0 Å². The van der Waals surface area contributed by atoms with Crippen LogP contribution in [-0.4, -0.2) is 116 Å². The van der Waals surface area contributed by atoms with Gasteiger partial charge in [-0.1, -0.05) is 60.2 Å². The van der Waals surface area contributed by atoms with Crippen molar-refractivity contribution in [2.24, 2.45) is 0 Å². The lowest BCUT2D eigenvalue weighted by Crippen LogP contribution is -2.60. The fourth-order valence-electron chi connectivity index (χ4n) is 6.77. The summed E-state index contributed by atoms with van der Waals surface area (Å²) in [6.45, 7) is 6.07. The first-order valence-corrected chi connectivity index (χ1v) is 17.6. The maximum absolute atomic E-state index is 14.0. The molecule has 0 bridgehead atoms. The summed E-state index contributed by atoms with van der Waals surface area (Å²) in [5.41, 5.74) is 3.86. The summed E-state index contributed by atoms with van der Waals surface area (Å²) in [4.78, 5) is 47.8. The molecular formula is C40H40N4O10. The fourth-order valence-corrected chi connectivity index (χ4v) is 6.77. The number of piperazine rings is 1. The number of carboxylic acids is 1. The number of carboxylic acid groups (broad SMARTS) is 1. The van der Waals surface area contributed by atoms with Gasteiger partial charge >= 0.3 is 11.9 Å². The summed E-state index contributed by atoms with van der Waals surface area (Å²) in [5, 5.41) is 41.3. The summed E-state index contributed by atoms with van der Waals surface area (Å²) in [6, 6.07) is 26.2. The summed E-state index contributed by atoms with van der Waals surface area (Å²) >= 11 is 0. The Morgan fingerprint density at radius 2 is 1.59 bits per heavy atom. The third-order valence-corrected chi connectivity index (χ3v) is 9.68. The van der Waals surface area contributed by atoms with Crippen molar-refractivity contribution in [2.75, 3.05) is 37.7 Å². The molecule has 0 saturated carbocycles. The highest BCUT2D eigenvalue weighted by Crippen LogP contribution is 2.31. The smallest absolute Gasteiger partial charge is 0.341 e. The van der Waals surface area contributed by atoms with Gasteiger partial charge in [-0.2, -0.15) is 0 Å². The lowest BCUT2D eigenvalue weighted by Gasteiger charge is -2.38. The molecule has 0 aliphatic carbocycles. The zero-order chi connectivity index (χ0) is 38.1. The predicted octanol–water partition coefficient (Wildman–Crippen LogP) is 3.41. The Balaban J connectivity index is 1.11. The maximum Gasteiger partial charge on any atom is 0.341 e. The number of aliphatic carboxylic acids is 1. The molecule has 4 aromatic carbocycles. The number of benzene rings is 4. The molecule has 14 nitrogen and oxygen atoms in total. The number of carbonyl (C=O) groups excluding carboxylic acids is 2. The van der Waals surface area contributed by atoms with E-state index in [-0.39, 0.29) is 11.5 Å². The van der Waals surface area contributed by atoms with Crippen molar-refractivity contribution in [3.8, 4) is 22.8 Å². The van der Waals surface area contributed by atoms with Gasteiger partial charge in [0.05, 0.1) is 17.9 Å². The summed E-state index contributed by atoms with van der Waals surface area (Å²) < 4.78 is 18.2. The van der Waals surface area contributed by atoms with Crippen LogP contribution in [0, 0.1) is 6.92 Å². The van der Waals surface area contributed by atoms with Gasteiger partial charge in [-0.3, -0.25) is 9.36 Å². The van der Waals surface area contributed by atoms with E-state index in [9.17, 15) is 34.8 Å². The van der Waals surface area contributed by atoms with Gasteiger partial charge in [-0.15, -0.1) is 0 Å². The molecular weight excluding hydrogens is 696 g/mol. The molecule has 14 heteroatoms. The first kappa shape index (κ1) is 36.6. The Kier molecular flexibility index (Phi) is 10.3. The van der Waals surface area contributed by atoms with Crippen LogP contribution in [-0.2, 0) is 14.3 Å². The largest absolute Gasteiger partial charge is 0.494 e. The first-order valence-electron chi connectivity index (χ1n) is 17.6. The Labute approximate surface area is 310 Å². The van der Waals surface area contributed by atoms with E-state index in [0.29, 0.717) is 66.5 Å². The van der Waals surface area contributed by atoms with E-state index in [0.717, 1.165) is 16.8 Å². The Morgan fingerprint density at radius 1 is 0.852 bits per heavy atom. The second-order valence-electron chi connectivity index (χ2n) is 13.3. The fraction of sp³-hybridized carbons (Fsp3) is 0.300. The number of aromatic nitrogens is 2. The topological polar surface area (TPSA) is 184 Å². The molecule has 0 radical (unpaired) electrons. The second-order valence-corrected chi connectivity index (χ2v) is 13.3. The zero-order valence-corrected chi connectivity index (χ0v) is 29.6. The zero-order valence-electron chi connectivity index (χ0n) is 29.6. The molecule has 5 atom stereocenters. The monoisotopic (exact) mass is 736 g/mol. The van der Waals surface area contributed by atoms with Crippen molar-refractivity contribution in [1.82, 2.24) is 14.5 Å². The minimum absolute atomic E-state index is 0.118. The SMILES string of the molecule is CCOc1cccc(-n2cc(C(=O)N3CCN(c4cc(C(=O)OC5OC(C(=O)O)C(O)C(O)C5O)c5ccccc5c4)CC3)nc2-c2ccc(C)cc2)c1. The highest BCUT2D eigenvalue weighted by Gasteiger charge is 2.48.